The second-order valence-electron chi connectivity index (χ2n) is 13.1. The van der Waals surface area contributed by atoms with Crippen LogP contribution in [0.15, 0.2) is 60.8 Å². The molecule has 0 saturated carbocycles. The first-order valence-electron chi connectivity index (χ1n) is 18.3. The Bertz CT molecular complexity index is 1760. The topological polar surface area (TPSA) is 206 Å². The quantitative estimate of drug-likeness (QED) is 0.0570. The molecule has 2 atom stereocenters. The van der Waals surface area contributed by atoms with Crippen LogP contribution in [0.2, 0.25) is 0 Å². The number of methoxy groups -OCH3 is 1. The number of nitrogens with two attached hydrogens (primary N) is 1. The van der Waals surface area contributed by atoms with Crippen LogP contribution in [-0.4, -0.2) is 107 Å². The fraction of sp³-hybridized carbons (Fsp3) is 0.486. The fourth-order valence-electron chi connectivity index (χ4n) is 6.17. The number of aryl methyl sites for hydroxylation is 1. The molecule has 4 aromatic rings. The molecule has 0 radical (unpaired) electrons. The third kappa shape index (κ3) is 11.7. The number of benzene rings is 2. The van der Waals surface area contributed by atoms with Crippen LogP contribution in [0.1, 0.15) is 55.8 Å². The average Bonchev–Trinajstić information content (AvgIpc) is 3.65. The number of rotatable bonds is 20. The van der Waals surface area contributed by atoms with Gasteiger partial charge < -0.3 is 42.0 Å². The molecule has 3 heterocycles. The van der Waals surface area contributed by atoms with Crippen molar-refractivity contribution < 1.29 is 19.1 Å². The highest BCUT2D eigenvalue weighted by Crippen LogP contribution is 2.25. The molecule has 53 heavy (non-hydrogen) atoms. The first kappa shape index (κ1) is 39.0. The Labute approximate surface area is 310 Å². The highest BCUT2D eigenvalue weighted by Gasteiger charge is 2.28. The fourth-order valence-corrected chi connectivity index (χ4v) is 6.17. The van der Waals surface area contributed by atoms with E-state index in [9.17, 15) is 14.4 Å². The Morgan fingerprint density at radius 2 is 1.74 bits per heavy atom. The first-order chi connectivity index (χ1) is 25.8. The van der Waals surface area contributed by atoms with Gasteiger partial charge in [-0.25, -0.2) is 9.78 Å². The van der Waals surface area contributed by atoms with Gasteiger partial charge >= 0.3 is 5.97 Å². The van der Waals surface area contributed by atoms with Crippen molar-refractivity contribution in [1.82, 2.24) is 45.8 Å². The zero-order valence-electron chi connectivity index (χ0n) is 30.6. The number of carbonyl (C=O) groups is 3. The van der Waals surface area contributed by atoms with Gasteiger partial charge in [0.2, 0.25) is 17.8 Å². The third-order valence-corrected chi connectivity index (χ3v) is 9.19. The van der Waals surface area contributed by atoms with E-state index in [1.807, 2.05) is 53.2 Å². The van der Waals surface area contributed by atoms with Crippen LogP contribution >= 0.6 is 0 Å². The molecule has 0 spiro atoms. The number of piperidine rings is 1. The smallest absolute Gasteiger partial charge is 0.333 e. The van der Waals surface area contributed by atoms with Crippen molar-refractivity contribution in [3.63, 3.8) is 0 Å². The molecule has 16 nitrogen and oxygen atoms in total. The zero-order valence-corrected chi connectivity index (χ0v) is 30.6. The zero-order chi connectivity index (χ0) is 37.4. The number of esters is 1. The summed E-state index contributed by atoms with van der Waals surface area (Å²) in [5.74, 6) is 0.0327. The van der Waals surface area contributed by atoms with E-state index in [-0.39, 0.29) is 24.8 Å². The third-order valence-electron chi connectivity index (χ3n) is 9.19. The lowest BCUT2D eigenvalue weighted by atomic mass is 10.0. The normalized spacial score (nSPS) is 14.4. The van der Waals surface area contributed by atoms with E-state index in [1.54, 1.807) is 24.3 Å². The molecule has 1 fully saturated rings. The van der Waals surface area contributed by atoms with Crippen LogP contribution in [0, 0.1) is 0 Å². The Balaban J connectivity index is 1.08. The van der Waals surface area contributed by atoms with Crippen molar-refractivity contribution in [2.75, 3.05) is 57.5 Å². The van der Waals surface area contributed by atoms with E-state index in [0.29, 0.717) is 31.1 Å². The number of hydrogen-bond donors (Lipinski definition) is 6. The van der Waals surface area contributed by atoms with Gasteiger partial charge in [-0.05, 0) is 76.5 Å². The molecule has 5 rings (SSSR count). The number of para-hydroxylation sites is 1. The molecule has 0 aliphatic carbocycles. The first-order valence-corrected chi connectivity index (χ1v) is 18.3. The monoisotopic (exact) mass is 728 g/mol. The van der Waals surface area contributed by atoms with E-state index in [1.165, 1.54) is 7.11 Å². The molecule has 0 unspecified atom stereocenters. The molecular weight excluding hydrogens is 676 g/mol. The number of carbonyl (C=O) groups excluding carboxylic acids is 3. The number of nitrogens with one attached hydrogen (secondary N) is 5. The molecule has 7 N–H and O–H groups in total. The van der Waals surface area contributed by atoms with Crippen molar-refractivity contribution in [2.45, 2.75) is 69.7 Å². The maximum Gasteiger partial charge on any atom is 0.333 e. The number of aromatic nitrogens is 5. The van der Waals surface area contributed by atoms with Gasteiger partial charge in [0.15, 0.2) is 6.04 Å². The van der Waals surface area contributed by atoms with Crippen molar-refractivity contribution in [3.8, 4) is 0 Å². The number of hydrogen-bond acceptors (Lipinski definition) is 13. The SMILES string of the molecule is CNCCCNCCCn1cc(CNc2nc(NC3CCN(C(=O)CC[C@H](N)C(=O)N[C@H](C(=O)OC)c4ccccc4)CC3)c3ccccc3n2)nn1. The van der Waals surface area contributed by atoms with Gasteiger partial charge in [0.25, 0.3) is 0 Å². The van der Waals surface area contributed by atoms with Gasteiger partial charge in [-0.15, -0.1) is 5.10 Å². The number of fused-ring (bicyclic) bond motifs is 1. The summed E-state index contributed by atoms with van der Waals surface area (Å²) in [6.07, 6.45) is 5.74. The summed E-state index contributed by atoms with van der Waals surface area (Å²) in [5.41, 5.74) is 8.35. The molecule has 2 aromatic carbocycles. The van der Waals surface area contributed by atoms with Crippen molar-refractivity contribution in [1.29, 1.82) is 0 Å². The predicted molar refractivity (Wildman–Crippen MR) is 203 cm³/mol. The minimum Gasteiger partial charge on any atom is -0.467 e. The van der Waals surface area contributed by atoms with Gasteiger partial charge in [0, 0.05) is 37.5 Å². The number of anilines is 2. The lowest BCUT2D eigenvalue weighted by Gasteiger charge is -2.33. The lowest BCUT2D eigenvalue weighted by Crippen LogP contribution is -2.46. The summed E-state index contributed by atoms with van der Waals surface area (Å²) in [6.45, 7) is 5.28. The van der Waals surface area contributed by atoms with Crippen molar-refractivity contribution >= 4 is 40.5 Å². The summed E-state index contributed by atoms with van der Waals surface area (Å²) in [4.78, 5) is 49.7. The second-order valence-corrected chi connectivity index (χ2v) is 13.1. The minimum absolute atomic E-state index is 0.0629. The molecular formula is C37H52N12O4. The average molecular weight is 729 g/mol. The number of likely N-dealkylation sites (tertiary alicyclic amines) is 1. The Morgan fingerprint density at radius 1 is 0.981 bits per heavy atom. The Kier molecular flexibility index (Phi) is 14.8. The van der Waals surface area contributed by atoms with E-state index in [0.717, 1.165) is 74.3 Å². The summed E-state index contributed by atoms with van der Waals surface area (Å²) < 4.78 is 6.73. The number of amides is 2. The van der Waals surface area contributed by atoms with Gasteiger partial charge in [-0.2, -0.15) is 4.98 Å². The maximum absolute atomic E-state index is 13.1. The molecule has 1 aliphatic rings. The van der Waals surface area contributed by atoms with E-state index in [4.69, 9.17) is 20.4 Å². The van der Waals surface area contributed by atoms with Crippen LogP contribution < -0.4 is 32.3 Å². The van der Waals surface area contributed by atoms with Crippen LogP contribution in [0.25, 0.3) is 10.9 Å². The van der Waals surface area contributed by atoms with E-state index < -0.39 is 24.0 Å². The summed E-state index contributed by atoms with van der Waals surface area (Å²) in [5, 5.41) is 25.7. The molecule has 1 aliphatic heterocycles. The largest absolute Gasteiger partial charge is 0.467 e. The van der Waals surface area contributed by atoms with E-state index >= 15 is 0 Å². The lowest BCUT2D eigenvalue weighted by molar-refractivity contribution is -0.145. The molecule has 284 valence electrons. The van der Waals surface area contributed by atoms with E-state index in [2.05, 4.69) is 36.9 Å². The summed E-state index contributed by atoms with van der Waals surface area (Å²) in [7, 11) is 3.22. The summed E-state index contributed by atoms with van der Waals surface area (Å²) in [6, 6.07) is 14.8. The van der Waals surface area contributed by atoms with Crippen LogP contribution in [0.5, 0.6) is 0 Å². The molecule has 2 aromatic heterocycles. The second kappa shape index (κ2) is 20.2. The molecule has 16 heteroatoms. The molecule has 0 bridgehead atoms. The van der Waals surface area contributed by atoms with Crippen LogP contribution in [-0.2, 0) is 32.2 Å². The van der Waals surface area contributed by atoms with Crippen molar-refractivity contribution in [2.24, 2.45) is 5.73 Å². The number of ether oxygens (including phenoxy) is 1. The predicted octanol–water partition coefficient (Wildman–Crippen LogP) is 1.96. The van der Waals surface area contributed by atoms with Gasteiger partial charge in [0.1, 0.15) is 11.5 Å². The standard InChI is InChI=1S/C37H52N12O4/c1-39-18-8-19-40-20-9-21-49-25-28(46-47-49)24-41-37-43-31-13-7-6-12-29(31)34(45-37)42-27-16-22-48(23-17-27)32(50)15-14-30(38)35(51)44-33(36(52)53-2)26-10-4-3-5-11-26/h3-7,10-13,25,27,30,33,39-40H,8-9,14-24,38H2,1-2H3,(H,44,51)(H2,41,42,43,45)/t30-,33-/m0/s1. The van der Waals surface area contributed by atoms with Crippen LogP contribution in [0.3, 0.4) is 0 Å². The number of nitrogens with zero attached hydrogens (tertiary/aromatic N) is 6. The highest BCUT2D eigenvalue weighted by molar-refractivity contribution is 5.90. The molecule has 1 saturated heterocycles. The molecule has 2 amide bonds. The summed E-state index contributed by atoms with van der Waals surface area (Å²) >= 11 is 0. The minimum atomic E-state index is -0.982. The Hall–Kier alpha value is -5.19. The van der Waals surface area contributed by atoms with Crippen molar-refractivity contribution in [3.05, 3.63) is 72.1 Å². The highest BCUT2D eigenvalue weighted by atomic mass is 16.5. The van der Waals surface area contributed by atoms with Crippen LogP contribution in [0.4, 0.5) is 11.8 Å². The van der Waals surface area contributed by atoms with Gasteiger partial charge in [-0.3, -0.25) is 14.3 Å². The van der Waals surface area contributed by atoms with Gasteiger partial charge in [-0.1, -0.05) is 47.7 Å². The van der Waals surface area contributed by atoms with Gasteiger partial charge in [0.05, 0.1) is 31.4 Å². The maximum atomic E-state index is 13.1. The Morgan fingerprint density at radius 3 is 2.51 bits per heavy atom.